The van der Waals surface area contributed by atoms with Crippen molar-refractivity contribution < 1.29 is 9.26 Å². The Balaban J connectivity index is 0.00000200. The molecule has 0 spiro atoms. The molecule has 2 heterocycles. The molecule has 0 bridgehead atoms. The van der Waals surface area contributed by atoms with Crippen LogP contribution in [0.3, 0.4) is 0 Å². The summed E-state index contributed by atoms with van der Waals surface area (Å²) in [7, 11) is 0. The van der Waals surface area contributed by atoms with Gasteiger partial charge in [0.05, 0.1) is 19.2 Å². The lowest BCUT2D eigenvalue weighted by Crippen LogP contribution is -2.36. The van der Waals surface area contributed by atoms with Crippen molar-refractivity contribution in [1.29, 1.82) is 0 Å². The molecule has 0 saturated carbocycles. The number of hydrogen-bond donors (Lipinski definition) is 1. The summed E-state index contributed by atoms with van der Waals surface area (Å²) < 4.78 is 10.8. The van der Waals surface area contributed by atoms with Gasteiger partial charge in [0.1, 0.15) is 0 Å². The first kappa shape index (κ1) is 17.4. The fraction of sp³-hybridized carbons (Fsp3) is 0.846. The summed E-state index contributed by atoms with van der Waals surface area (Å²) in [5.74, 6) is 1.21. The van der Waals surface area contributed by atoms with E-state index in [4.69, 9.17) is 15.0 Å². The Morgan fingerprint density at radius 3 is 2.85 bits per heavy atom. The normalized spacial score (nSPS) is 19.1. The molecule has 1 fully saturated rings. The van der Waals surface area contributed by atoms with Crippen molar-refractivity contribution in [3.8, 4) is 0 Å². The van der Waals surface area contributed by atoms with E-state index in [1.54, 1.807) is 0 Å². The maximum absolute atomic E-state index is 5.79. The lowest BCUT2D eigenvalue weighted by atomic mass is 10.1. The van der Waals surface area contributed by atoms with Crippen LogP contribution in [0.25, 0.3) is 0 Å². The zero-order valence-electron chi connectivity index (χ0n) is 12.1. The quantitative estimate of drug-likeness (QED) is 0.826. The molecule has 0 aliphatic carbocycles. The lowest BCUT2D eigenvalue weighted by molar-refractivity contribution is -0.00762. The van der Waals surface area contributed by atoms with Crippen molar-refractivity contribution >= 4 is 12.4 Å². The molecule has 6 nitrogen and oxygen atoms in total. The summed E-state index contributed by atoms with van der Waals surface area (Å²) in [6.07, 6.45) is 5.06. The van der Waals surface area contributed by atoms with Crippen LogP contribution in [0.4, 0.5) is 0 Å². The molecule has 1 aliphatic heterocycles. The van der Waals surface area contributed by atoms with Gasteiger partial charge in [0, 0.05) is 13.2 Å². The minimum Gasteiger partial charge on any atom is -0.377 e. The van der Waals surface area contributed by atoms with Gasteiger partial charge in [-0.05, 0) is 32.2 Å². The number of ether oxygens (including phenoxy) is 1. The molecular weight excluding hydrogens is 280 g/mol. The molecule has 1 aliphatic rings. The molecule has 1 saturated heterocycles. The minimum absolute atomic E-state index is 0. The maximum Gasteiger partial charge on any atom is 0.240 e. The number of halogens is 1. The first-order valence-corrected chi connectivity index (χ1v) is 7.17. The number of nitrogens with two attached hydrogens (primary N) is 1. The van der Waals surface area contributed by atoms with E-state index in [9.17, 15) is 0 Å². The topological polar surface area (TPSA) is 77.4 Å². The van der Waals surface area contributed by atoms with Crippen LogP contribution in [0.2, 0.25) is 0 Å². The number of aromatic nitrogens is 2. The predicted octanol–water partition coefficient (Wildman–Crippen LogP) is 1.73. The van der Waals surface area contributed by atoms with Crippen LogP contribution < -0.4 is 5.73 Å². The van der Waals surface area contributed by atoms with Gasteiger partial charge in [0.25, 0.3) is 0 Å². The van der Waals surface area contributed by atoms with Crippen molar-refractivity contribution in [2.45, 2.75) is 51.8 Å². The Morgan fingerprint density at radius 1 is 1.40 bits per heavy atom. The second-order valence-electron chi connectivity index (χ2n) is 5.03. The molecule has 1 aromatic heterocycles. The van der Waals surface area contributed by atoms with E-state index in [0.29, 0.717) is 30.9 Å². The van der Waals surface area contributed by atoms with Crippen molar-refractivity contribution in [1.82, 2.24) is 15.0 Å². The third-order valence-corrected chi connectivity index (χ3v) is 3.33. The molecule has 1 unspecified atom stereocenters. The SMILES string of the molecule is CCCN(Cc1noc(CN)n1)CC1CCCCO1.Cl. The predicted molar refractivity (Wildman–Crippen MR) is 78.6 cm³/mol. The van der Waals surface area contributed by atoms with Gasteiger partial charge in [-0.15, -0.1) is 12.4 Å². The van der Waals surface area contributed by atoms with E-state index in [1.807, 2.05) is 0 Å². The molecular formula is C13H25ClN4O2. The zero-order valence-corrected chi connectivity index (χ0v) is 12.9. The van der Waals surface area contributed by atoms with Crippen molar-refractivity contribution in [2.24, 2.45) is 5.73 Å². The smallest absolute Gasteiger partial charge is 0.240 e. The van der Waals surface area contributed by atoms with E-state index < -0.39 is 0 Å². The van der Waals surface area contributed by atoms with Crippen LogP contribution in [0, 0.1) is 0 Å². The van der Waals surface area contributed by atoms with E-state index >= 15 is 0 Å². The van der Waals surface area contributed by atoms with E-state index in [2.05, 4.69) is 22.0 Å². The molecule has 116 valence electrons. The Kier molecular flexibility index (Phi) is 8.06. The lowest BCUT2D eigenvalue weighted by Gasteiger charge is -2.28. The molecule has 1 atom stereocenters. The Hall–Kier alpha value is -0.690. The van der Waals surface area contributed by atoms with Crippen LogP contribution >= 0.6 is 12.4 Å². The van der Waals surface area contributed by atoms with Crippen LogP contribution in [0.5, 0.6) is 0 Å². The van der Waals surface area contributed by atoms with Gasteiger partial charge in [-0.1, -0.05) is 12.1 Å². The van der Waals surface area contributed by atoms with Gasteiger partial charge >= 0.3 is 0 Å². The highest BCUT2D eigenvalue weighted by molar-refractivity contribution is 5.85. The van der Waals surface area contributed by atoms with Gasteiger partial charge in [-0.25, -0.2) is 0 Å². The Labute approximate surface area is 126 Å². The molecule has 1 aromatic rings. The highest BCUT2D eigenvalue weighted by Crippen LogP contribution is 2.15. The fourth-order valence-electron chi connectivity index (χ4n) is 2.43. The van der Waals surface area contributed by atoms with E-state index in [-0.39, 0.29) is 12.4 Å². The van der Waals surface area contributed by atoms with Gasteiger partial charge < -0.3 is 15.0 Å². The zero-order chi connectivity index (χ0) is 13.5. The van der Waals surface area contributed by atoms with Crippen molar-refractivity contribution in [3.63, 3.8) is 0 Å². The molecule has 2 N–H and O–H groups in total. The van der Waals surface area contributed by atoms with Crippen molar-refractivity contribution in [3.05, 3.63) is 11.7 Å². The summed E-state index contributed by atoms with van der Waals surface area (Å²) >= 11 is 0. The average molecular weight is 305 g/mol. The average Bonchev–Trinajstić information content (AvgIpc) is 2.88. The number of hydrogen-bond acceptors (Lipinski definition) is 6. The van der Waals surface area contributed by atoms with Gasteiger partial charge in [0.2, 0.25) is 5.89 Å². The van der Waals surface area contributed by atoms with Crippen molar-refractivity contribution in [2.75, 3.05) is 19.7 Å². The molecule has 0 amide bonds. The maximum atomic E-state index is 5.79. The largest absolute Gasteiger partial charge is 0.377 e. The minimum atomic E-state index is 0. The van der Waals surface area contributed by atoms with Crippen LogP contribution in [0.15, 0.2) is 4.52 Å². The highest BCUT2D eigenvalue weighted by Gasteiger charge is 2.19. The van der Waals surface area contributed by atoms with Gasteiger partial charge in [-0.3, -0.25) is 4.90 Å². The standard InChI is InChI=1S/C13H24N4O2.ClH/c1-2-6-17(9-11-5-3-4-7-18-11)10-12-15-13(8-14)19-16-12;/h11H,2-10,14H2,1H3;1H. The van der Waals surface area contributed by atoms with E-state index in [1.165, 1.54) is 12.8 Å². The molecule has 2 rings (SSSR count). The second-order valence-corrected chi connectivity index (χ2v) is 5.03. The van der Waals surface area contributed by atoms with Crippen LogP contribution in [-0.4, -0.2) is 40.8 Å². The summed E-state index contributed by atoms with van der Waals surface area (Å²) in [5, 5.41) is 3.95. The van der Waals surface area contributed by atoms with Crippen LogP contribution in [0.1, 0.15) is 44.3 Å². The Bertz CT molecular complexity index is 369. The monoisotopic (exact) mass is 304 g/mol. The third-order valence-electron chi connectivity index (χ3n) is 3.33. The molecule has 0 radical (unpaired) electrons. The van der Waals surface area contributed by atoms with Crippen LogP contribution in [-0.2, 0) is 17.8 Å². The van der Waals surface area contributed by atoms with Gasteiger partial charge in [-0.2, -0.15) is 4.98 Å². The third kappa shape index (κ3) is 5.36. The number of rotatable bonds is 7. The van der Waals surface area contributed by atoms with Gasteiger partial charge in [0.15, 0.2) is 5.82 Å². The first-order valence-electron chi connectivity index (χ1n) is 7.17. The molecule has 7 heteroatoms. The highest BCUT2D eigenvalue weighted by atomic mass is 35.5. The first-order chi connectivity index (χ1) is 9.31. The second kappa shape index (κ2) is 9.28. The summed E-state index contributed by atoms with van der Waals surface area (Å²) in [6, 6.07) is 0. The number of nitrogens with zero attached hydrogens (tertiary/aromatic N) is 3. The Morgan fingerprint density at radius 2 is 2.25 bits per heavy atom. The summed E-state index contributed by atoms with van der Waals surface area (Å²) in [4.78, 5) is 6.59. The summed E-state index contributed by atoms with van der Waals surface area (Å²) in [5.41, 5.74) is 5.47. The van der Waals surface area contributed by atoms with E-state index in [0.717, 1.165) is 32.5 Å². The fourth-order valence-corrected chi connectivity index (χ4v) is 2.43. The molecule has 20 heavy (non-hydrogen) atoms. The molecule has 0 aromatic carbocycles. The summed E-state index contributed by atoms with van der Waals surface area (Å²) in [6.45, 7) is 6.04.